The number of halogens is 1. The van der Waals surface area contributed by atoms with E-state index in [-0.39, 0.29) is 46.4 Å². The molecule has 2 heteroatoms. The second kappa shape index (κ2) is 4.30. The fraction of sp³-hybridized carbons (Fsp3) is 0. The molecule has 40 valence electrons. The summed E-state index contributed by atoms with van der Waals surface area (Å²) in [6.07, 6.45) is 0. The molecule has 0 unspecified atom stereocenters. The SMILES string of the molecule is Fc1ccccc1.[Ca+2].[H-].[H-]. The molecule has 1 rings (SSSR count). The molecule has 0 atom stereocenters. The van der Waals surface area contributed by atoms with Crippen LogP contribution in [0.25, 0.3) is 0 Å². The molecule has 0 heterocycles. The van der Waals surface area contributed by atoms with Crippen molar-refractivity contribution in [2.24, 2.45) is 0 Å². The van der Waals surface area contributed by atoms with Gasteiger partial charge in [0.25, 0.3) is 0 Å². The fourth-order valence-corrected chi connectivity index (χ4v) is 0.415. The summed E-state index contributed by atoms with van der Waals surface area (Å²) < 4.78 is 11.9. The van der Waals surface area contributed by atoms with Gasteiger partial charge in [-0.2, -0.15) is 0 Å². The van der Waals surface area contributed by atoms with Gasteiger partial charge in [0.2, 0.25) is 0 Å². The molecule has 0 aliphatic rings. The third-order valence-corrected chi connectivity index (χ3v) is 0.733. The third kappa shape index (κ3) is 2.65. The molecule has 1 aromatic rings. The largest absolute Gasteiger partial charge is 2.00 e. The minimum atomic E-state index is -0.178. The summed E-state index contributed by atoms with van der Waals surface area (Å²) in [5.74, 6) is -0.178. The molecular formula is C6H7CaF. The third-order valence-electron chi connectivity index (χ3n) is 0.733. The van der Waals surface area contributed by atoms with Crippen molar-refractivity contribution in [3.8, 4) is 0 Å². The smallest absolute Gasteiger partial charge is 1.00 e. The van der Waals surface area contributed by atoms with Crippen molar-refractivity contribution < 1.29 is 7.24 Å². The van der Waals surface area contributed by atoms with Crippen molar-refractivity contribution >= 4 is 37.7 Å². The topological polar surface area (TPSA) is 0 Å². The first kappa shape index (κ1) is 8.41. The van der Waals surface area contributed by atoms with Crippen LogP contribution in [0, 0.1) is 5.82 Å². The van der Waals surface area contributed by atoms with Gasteiger partial charge in [-0.05, 0) is 12.1 Å². The normalized spacial score (nSPS) is 7.62. The molecule has 8 heavy (non-hydrogen) atoms. The Kier molecular flexibility index (Phi) is 4.52. The summed E-state index contributed by atoms with van der Waals surface area (Å²) in [6, 6.07) is 7.94. The quantitative estimate of drug-likeness (QED) is 0.478. The van der Waals surface area contributed by atoms with Crippen LogP contribution in [0.3, 0.4) is 0 Å². The van der Waals surface area contributed by atoms with Crippen molar-refractivity contribution in [3.05, 3.63) is 36.1 Å². The molecule has 0 N–H and O–H groups in total. The van der Waals surface area contributed by atoms with Crippen LogP contribution in [0.2, 0.25) is 0 Å². The first-order valence-electron chi connectivity index (χ1n) is 2.10. The van der Waals surface area contributed by atoms with E-state index in [1.807, 2.05) is 0 Å². The minimum Gasteiger partial charge on any atom is -1.00 e. The summed E-state index contributed by atoms with van der Waals surface area (Å²) in [5, 5.41) is 0. The van der Waals surface area contributed by atoms with Gasteiger partial charge in [-0.15, -0.1) is 0 Å². The van der Waals surface area contributed by atoms with Gasteiger partial charge in [0.05, 0.1) is 0 Å². The van der Waals surface area contributed by atoms with Crippen LogP contribution in [0.1, 0.15) is 2.85 Å². The van der Waals surface area contributed by atoms with Crippen LogP contribution >= 0.6 is 0 Å². The maximum atomic E-state index is 11.9. The van der Waals surface area contributed by atoms with Crippen molar-refractivity contribution in [2.45, 2.75) is 0 Å². The fourth-order valence-electron chi connectivity index (χ4n) is 0.415. The van der Waals surface area contributed by atoms with Crippen molar-refractivity contribution in [2.75, 3.05) is 0 Å². The van der Waals surface area contributed by atoms with E-state index in [0.29, 0.717) is 0 Å². The van der Waals surface area contributed by atoms with E-state index in [9.17, 15) is 4.39 Å². The molecule has 0 aliphatic heterocycles. The molecule has 0 radical (unpaired) electrons. The Morgan fingerprint density at radius 2 is 1.62 bits per heavy atom. The van der Waals surface area contributed by atoms with E-state index in [2.05, 4.69) is 0 Å². The first-order chi connectivity index (χ1) is 3.39. The molecule has 0 saturated heterocycles. The van der Waals surface area contributed by atoms with Gasteiger partial charge in [0.15, 0.2) is 0 Å². The van der Waals surface area contributed by atoms with E-state index in [1.54, 1.807) is 18.2 Å². The van der Waals surface area contributed by atoms with Gasteiger partial charge in [0.1, 0.15) is 5.82 Å². The molecule has 0 nitrogen and oxygen atoms in total. The molecule has 0 fully saturated rings. The van der Waals surface area contributed by atoms with E-state index < -0.39 is 0 Å². The predicted molar refractivity (Wildman–Crippen MR) is 34.4 cm³/mol. The van der Waals surface area contributed by atoms with Crippen LogP contribution in [0.5, 0.6) is 0 Å². The molecular weight excluding hydrogens is 131 g/mol. The Hall–Kier alpha value is 0.410. The van der Waals surface area contributed by atoms with Crippen LogP contribution in [-0.2, 0) is 0 Å². The maximum absolute atomic E-state index is 11.9. The zero-order chi connectivity index (χ0) is 5.11. The Morgan fingerprint density at radius 1 is 1.12 bits per heavy atom. The van der Waals surface area contributed by atoms with Gasteiger partial charge in [-0.3, -0.25) is 0 Å². The van der Waals surface area contributed by atoms with E-state index in [1.165, 1.54) is 12.1 Å². The molecule has 0 aliphatic carbocycles. The molecule has 0 saturated carbocycles. The van der Waals surface area contributed by atoms with Crippen molar-refractivity contribution in [3.63, 3.8) is 0 Å². The van der Waals surface area contributed by atoms with Gasteiger partial charge >= 0.3 is 37.7 Å². The monoisotopic (exact) mass is 138 g/mol. The molecule has 0 aromatic heterocycles. The van der Waals surface area contributed by atoms with Crippen LogP contribution in [0.15, 0.2) is 30.3 Å². The molecule has 0 bridgehead atoms. The van der Waals surface area contributed by atoms with Gasteiger partial charge in [-0.1, -0.05) is 18.2 Å². The van der Waals surface area contributed by atoms with Gasteiger partial charge in [0, 0.05) is 0 Å². The Labute approximate surface area is 80.7 Å². The number of hydrogen-bond acceptors (Lipinski definition) is 0. The average molecular weight is 138 g/mol. The first-order valence-corrected chi connectivity index (χ1v) is 2.10. The average Bonchev–Trinajstić information content (AvgIpc) is 1.69. The van der Waals surface area contributed by atoms with Crippen LogP contribution < -0.4 is 0 Å². The standard InChI is InChI=1S/C6H5F.Ca.2H/c7-6-4-2-1-3-5-6;;;/h1-5H;;;/q;+2;2*-1. The second-order valence-corrected chi connectivity index (χ2v) is 1.30. The van der Waals surface area contributed by atoms with E-state index in [4.69, 9.17) is 0 Å². The van der Waals surface area contributed by atoms with Gasteiger partial charge < -0.3 is 2.85 Å². The summed E-state index contributed by atoms with van der Waals surface area (Å²) in [4.78, 5) is 0. The van der Waals surface area contributed by atoms with Crippen LogP contribution in [-0.4, -0.2) is 37.7 Å². The van der Waals surface area contributed by atoms with Gasteiger partial charge in [-0.25, -0.2) is 4.39 Å². The zero-order valence-electron chi connectivity index (χ0n) is 6.47. The Balaban J connectivity index is -0.000000163. The van der Waals surface area contributed by atoms with E-state index >= 15 is 0 Å². The Bertz CT molecular complexity index is 146. The summed E-state index contributed by atoms with van der Waals surface area (Å²) in [5.41, 5.74) is 0. The number of rotatable bonds is 0. The van der Waals surface area contributed by atoms with Crippen LogP contribution in [0.4, 0.5) is 4.39 Å². The maximum Gasteiger partial charge on any atom is 2.00 e. The molecule has 0 spiro atoms. The molecule has 0 amide bonds. The van der Waals surface area contributed by atoms with Crippen molar-refractivity contribution in [1.29, 1.82) is 0 Å². The summed E-state index contributed by atoms with van der Waals surface area (Å²) >= 11 is 0. The van der Waals surface area contributed by atoms with E-state index in [0.717, 1.165) is 0 Å². The predicted octanol–water partition coefficient (Wildman–Crippen LogP) is 1.67. The molecule has 1 aromatic carbocycles. The minimum absolute atomic E-state index is 0. The number of benzene rings is 1. The number of hydrogen-bond donors (Lipinski definition) is 0. The van der Waals surface area contributed by atoms with Crippen molar-refractivity contribution in [1.82, 2.24) is 0 Å². The summed E-state index contributed by atoms with van der Waals surface area (Å²) in [6.45, 7) is 0. The zero-order valence-corrected chi connectivity index (χ0v) is 6.68. The summed E-state index contributed by atoms with van der Waals surface area (Å²) in [7, 11) is 0. The second-order valence-electron chi connectivity index (χ2n) is 1.30. The Morgan fingerprint density at radius 3 is 1.88 bits per heavy atom.